The summed E-state index contributed by atoms with van der Waals surface area (Å²) in [5, 5.41) is 3.81. The van der Waals surface area contributed by atoms with Crippen LogP contribution in [0.5, 0.6) is 0 Å². The van der Waals surface area contributed by atoms with Crippen LogP contribution in [0.1, 0.15) is 12.5 Å². The van der Waals surface area contributed by atoms with Gasteiger partial charge in [0, 0.05) is 20.7 Å². The minimum Gasteiger partial charge on any atom is -0.467 e. The Balaban J connectivity index is 2.48. The second-order valence-corrected chi connectivity index (χ2v) is 6.02. The third-order valence-corrected chi connectivity index (χ3v) is 4.15. The van der Waals surface area contributed by atoms with Gasteiger partial charge in [0.25, 0.3) is 0 Å². The number of benzene rings is 2. The van der Waals surface area contributed by atoms with Crippen molar-refractivity contribution in [2.45, 2.75) is 12.5 Å². The van der Waals surface area contributed by atoms with E-state index in [1.165, 1.54) is 7.11 Å². The predicted molar refractivity (Wildman–Crippen MR) is 88.6 cm³/mol. The molecule has 0 aliphatic heterocycles. The van der Waals surface area contributed by atoms with Crippen LogP contribution in [0.3, 0.4) is 0 Å². The molecule has 2 rings (SSSR count). The summed E-state index contributed by atoms with van der Waals surface area (Å²) in [5.41, 5.74) is 0.502. The highest BCUT2D eigenvalue weighted by atomic mass is 79.9. The molecule has 0 heterocycles. The van der Waals surface area contributed by atoms with Gasteiger partial charge in [-0.1, -0.05) is 51.8 Å². The van der Waals surface area contributed by atoms with Crippen molar-refractivity contribution in [2.75, 3.05) is 12.4 Å². The summed E-state index contributed by atoms with van der Waals surface area (Å²) in [6, 6.07) is 14.7. The fourth-order valence-corrected chi connectivity index (χ4v) is 3.03. The number of halogens is 2. The first-order valence-corrected chi connectivity index (χ1v) is 7.51. The van der Waals surface area contributed by atoms with Gasteiger partial charge in [-0.15, -0.1) is 0 Å². The van der Waals surface area contributed by atoms with E-state index in [2.05, 4.69) is 21.2 Å². The van der Waals surface area contributed by atoms with Crippen molar-refractivity contribution in [3.8, 4) is 0 Å². The molecule has 0 fully saturated rings. The Hall–Kier alpha value is -1.52. The number of anilines is 1. The molecule has 21 heavy (non-hydrogen) atoms. The van der Waals surface area contributed by atoms with Gasteiger partial charge in [-0.2, -0.15) is 0 Å². The van der Waals surface area contributed by atoms with Gasteiger partial charge in [-0.25, -0.2) is 4.79 Å². The summed E-state index contributed by atoms with van der Waals surface area (Å²) < 4.78 is 5.80. The first-order chi connectivity index (χ1) is 9.97. The van der Waals surface area contributed by atoms with Crippen LogP contribution in [-0.4, -0.2) is 13.1 Å². The normalized spacial score (nSPS) is 13.3. The zero-order chi connectivity index (χ0) is 15.5. The molecule has 1 N–H and O–H groups in total. The largest absolute Gasteiger partial charge is 0.467 e. The maximum absolute atomic E-state index is 12.3. The standard InChI is InChI=1S/C16H15BrClNO2/c1-16(15(20)21-2,13-8-3-4-9-14(13)17)19-12-7-5-6-11(18)10-12/h3-10,19H,1-2H3. The second kappa shape index (κ2) is 6.50. The van der Waals surface area contributed by atoms with E-state index < -0.39 is 5.54 Å². The Labute approximate surface area is 137 Å². The smallest absolute Gasteiger partial charge is 0.335 e. The van der Waals surface area contributed by atoms with E-state index in [1.54, 1.807) is 19.1 Å². The SMILES string of the molecule is COC(=O)C(C)(Nc1cccc(Cl)c1)c1ccccc1Br. The molecule has 2 aromatic rings. The fourth-order valence-electron chi connectivity index (χ4n) is 2.15. The summed E-state index contributed by atoms with van der Waals surface area (Å²) in [5.74, 6) is -0.380. The van der Waals surface area contributed by atoms with Crippen LogP contribution in [0.4, 0.5) is 5.69 Å². The van der Waals surface area contributed by atoms with Crippen molar-refractivity contribution in [3.05, 3.63) is 63.6 Å². The lowest BCUT2D eigenvalue weighted by molar-refractivity contribution is -0.145. The minimum absolute atomic E-state index is 0.380. The zero-order valence-electron chi connectivity index (χ0n) is 11.7. The predicted octanol–water partition coefficient (Wildman–Crippen LogP) is 4.60. The Morgan fingerprint density at radius 3 is 2.57 bits per heavy atom. The number of hydrogen-bond acceptors (Lipinski definition) is 3. The molecule has 1 atom stereocenters. The monoisotopic (exact) mass is 367 g/mol. The van der Waals surface area contributed by atoms with E-state index in [4.69, 9.17) is 16.3 Å². The van der Waals surface area contributed by atoms with Crippen LogP contribution in [-0.2, 0) is 15.1 Å². The van der Waals surface area contributed by atoms with E-state index in [1.807, 2.05) is 36.4 Å². The zero-order valence-corrected chi connectivity index (χ0v) is 14.0. The summed E-state index contributed by atoms with van der Waals surface area (Å²) in [6.45, 7) is 1.78. The molecular formula is C16H15BrClNO2. The number of rotatable bonds is 4. The van der Waals surface area contributed by atoms with E-state index >= 15 is 0 Å². The van der Waals surface area contributed by atoms with Gasteiger partial charge < -0.3 is 10.1 Å². The Kier molecular flexibility index (Phi) is 4.91. The van der Waals surface area contributed by atoms with Crippen LogP contribution in [0.25, 0.3) is 0 Å². The first kappa shape index (κ1) is 15.9. The number of esters is 1. The molecule has 1 unspecified atom stereocenters. The van der Waals surface area contributed by atoms with Gasteiger partial charge in [-0.3, -0.25) is 0 Å². The van der Waals surface area contributed by atoms with Crippen LogP contribution in [0, 0.1) is 0 Å². The molecule has 0 aliphatic rings. The third-order valence-electron chi connectivity index (χ3n) is 3.23. The molecule has 0 aliphatic carbocycles. The lowest BCUT2D eigenvalue weighted by Crippen LogP contribution is -2.41. The van der Waals surface area contributed by atoms with Crippen LogP contribution in [0.15, 0.2) is 53.0 Å². The third kappa shape index (κ3) is 3.39. The summed E-state index contributed by atoms with van der Waals surface area (Å²) in [7, 11) is 1.37. The van der Waals surface area contributed by atoms with Crippen molar-refractivity contribution >= 4 is 39.2 Å². The minimum atomic E-state index is -1.03. The highest BCUT2D eigenvalue weighted by Crippen LogP contribution is 2.33. The lowest BCUT2D eigenvalue weighted by Gasteiger charge is -2.30. The van der Waals surface area contributed by atoms with Crippen LogP contribution < -0.4 is 5.32 Å². The number of nitrogens with one attached hydrogen (secondary N) is 1. The molecule has 0 spiro atoms. The average molecular weight is 369 g/mol. The summed E-state index contributed by atoms with van der Waals surface area (Å²) in [6.07, 6.45) is 0. The fraction of sp³-hybridized carbons (Fsp3) is 0.188. The lowest BCUT2D eigenvalue weighted by atomic mass is 9.91. The van der Waals surface area contributed by atoms with Gasteiger partial charge in [0.05, 0.1) is 7.11 Å². The maximum atomic E-state index is 12.3. The van der Waals surface area contributed by atoms with Gasteiger partial charge in [-0.05, 0) is 31.2 Å². The quantitative estimate of drug-likeness (QED) is 0.801. The Morgan fingerprint density at radius 1 is 1.24 bits per heavy atom. The second-order valence-electron chi connectivity index (χ2n) is 4.73. The number of carbonyl (C=O) groups excluding carboxylic acids is 1. The van der Waals surface area contributed by atoms with Gasteiger partial charge in [0.1, 0.15) is 0 Å². The topological polar surface area (TPSA) is 38.3 Å². The van der Waals surface area contributed by atoms with Crippen LogP contribution >= 0.6 is 27.5 Å². The number of carbonyl (C=O) groups is 1. The molecule has 2 aromatic carbocycles. The molecule has 0 radical (unpaired) electrons. The van der Waals surface area contributed by atoms with Crippen molar-refractivity contribution in [1.82, 2.24) is 0 Å². The van der Waals surface area contributed by atoms with Crippen molar-refractivity contribution in [2.24, 2.45) is 0 Å². The Bertz CT molecular complexity index is 662. The van der Waals surface area contributed by atoms with Crippen molar-refractivity contribution in [1.29, 1.82) is 0 Å². The van der Waals surface area contributed by atoms with E-state index in [9.17, 15) is 4.79 Å². The summed E-state index contributed by atoms with van der Waals surface area (Å²) >= 11 is 9.48. The number of ether oxygens (including phenoxy) is 1. The summed E-state index contributed by atoms with van der Waals surface area (Å²) in [4.78, 5) is 12.3. The van der Waals surface area contributed by atoms with Gasteiger partial charge in [0.15, 0.2) is 5.54 Å². The van der Waals surface area contributed by atoms with Crippen molar-refractivity contribution < 1.29 is 9.53 Å². The molecule has 3 nitrogen and oxygen atoms in total. The molecule has 0 saturated heterocycles. The first-order valence-electron chi connectivity index (χ1n) is 6.34. The van der Waals surface area contributed by atoms with Crippen molar-refractivity contribution in [3.63, 3.8) is 0 Å². The molecule has 0 aromatic heterocycles. The molecule has 5 heteroatoms. The van der Waals surface area contributed by atoms with E-state index in [0.29, 0.717) is 5.02 Å². The highest BCUT2D eigenvalue weighted by molar-refractivity contribution is 9.10. The van der Waals surface area contributed by atoms with Crippen LogP contribution in [0.2, 0.25) is 5.02 Å². The van der Waals surface area contributed by atoms with E-state index in [-0.39, 0.29) is 5.97 Å². The van der Waals surface area contributed by atoms with Gasteiger partial charge >= 0.3 is 5.97 Å². The number of hydrogen-bond donors (Lipinski definition) is 1. The highest BCUT2D eigenvalue weighted by Gasteiger charge is 2.38. The maximum Gasteiger partial charge on any atom is 0.335 e. The molecular weight excluding hydrogens is 354 g/mol. The molecule has 110 valence electrons. The molecule has 0 bridgehead atoms. The van der Waals surface area contributed by atoms with E-state index in [0.717, 1.165) is 15.7 Å². The number of methoxy groups -OCH3 is 1. The average Bonchev–Trinajstić information content (AvgIpc) is 2.46. The Morgan fingerprint density at radius 2 is 1.95 bits per heavy atom. The molecule has 0 saturated carbocycles. The molecule has 0 amide bonds. The van der Waals surface area contributed by atoms with Gasteiger partial charge in [0.2, 0.25) is 0 Å².